The number of hydrogen-bond donors (Lipinski definition) is 2. The Balaban J connectivity index is 1.90. The van der Waals surface area contributed by atoms with E-state index in [1.165, 1.54) is 0 Å². The number of carbonyl (C=O) groups is 2. The Morgan fingerprint density at radius 1 is 1.04 bits per heavy atom. The van der Waals surface area contributed by atoms with Crippen molar-refractivity contribution >= 4 is 23.2 Å². The highest BCUT2D eigenvalue weighted by Gasteiger charge is 2.35. The minimum Gasteiger partial charge on any atom is -0.497 e. The lowest BCUT2D eigenvalue weighted by molar-refractivity contribution is -0.138. The molecule has 0 saturated heterocycles. The number of anilines is 2. The van der Waals surface area contributed by atoms with Gasteiger partial charge in [0.05, 0.1) is 7.11 Å². The van der Waals surface area contributed by atoms with Crippen LogP contribution in [0.25, 0.3) is 0 Å². The zero-order chi connectivity index (χ0) is 20.7. The van der Waals surface area contributed by atoms with E-state index < -0.39 is 5.41 Å². The van der Waals surface area contributed by atoms with Crippen molar-refractivity contribution in [2.24, 2.45) is 5.41 Å². The number of nitrogens with zero attached hydrogens (tertiary/aromatic N) is 1. The number of ether oxygens (including phenoxy) is 1. The minimum absolute atomic E-state index is 0.308. The SMILES string of the molecule is COc1cccc(CCNC(=O)C(C)(C)C(=O)Nc2ccc(N(C)C)cc2)c1. The van der Waals surface area contributed by atoms with Gasteiger partial charge in [0.2, 0.25) is 11.8 Å². The van der Waals surface area contributed by atoms with Crippen LogP contribution in [0.4, 0.5) is 11.4 Å². The zero-order valence-electron chi connectivity index (χ0n) is 17.2. The van der Waals surface area contributed by atoms with Gasteiger partial charge in [0.1, 0.15) is 11.2 Å². The Hall–Kier alpha value is -3.02. The maximum absolute atomic E-state index is 12.6. The van der Waals surface area contributed by atoms with E-state index in [0.29, 0.717) is 18.7 Å². The number of rotatable bonds is 8. The van der Waals surface area contributed by atoms with Gasteiger partial charge in [-0.1, -0.05) is 12.1 Å². The molecule has 0 saturated carbocycles. The Labute approximate surface area is 166 Å². The Bertz CT molecular complexity index is 814. The average Bonchev–Trinajstić information content (AvgIpc) is 2.68. The molecule has 0 heterocycles. The van der Waals surface area contributed by atoms with Crippen molar-refractivity contribution in [2.75, 3.05) is 38.0 Å². The van der Waals surface area contributed by atoms with Crippen molar-refractivity contribution in [1.29, 1.82) is 0 Å². The van der Waals surface area contributed by atoms with Crippen LogP contribution in [0, 0.1) is 5.41 Å². The van der Waals surface area contributed by atoms with Crippen molar-refractivity contribution in [1.82, 2.24) is 5.32 Å². The number of benzene rings is 2. The first kappa shape index (κ1) is 21.3. The van der Waals surface area contributed by atoms with Gasteiger partial charge in [-0.25, -0.2) is 0 Å². The van der Waals surface area contributed by atoms with E-state index >= 15 is 0 Å². The van der Waals surface area contributed by atoms with Gasteiger partial charge in [0.25, 0.3) is 0 Å². The Morgan fingerprint density at radius 3 is 2.32 bits per heavy atom. The first-order valence-electron chi connectivity index (χ1n) is 9.24. The standard InChI is InChI=1S/C22H29N3O3/c1-22(2,21(27)24-17-9-11-18(12-10-17)25(3)4)20(26)23-14-13-16-7-6-8-19(15-16)28-5/h6-12,15H,13-14H2,1-5H3,(H,23,26)(H,24,27). The number of nitrogens with one attached hydrogen (secondary N) is 2. The van der Waals surface area contributed by atoms with Crippen LogP contribution in [0.15, 0.2) is 48.5 Å². The average molecular weight is 383 g/mol. The van der Waals surface area contributed by atoms with Gasteiger partial charge in [-0.3, -0.25) is 9.59 Å². The predicted octanol–water partition coefficient (Wildman–Crippen LogP) is 3.08. The van der Waals surface area contributed by atoms with Crippen molar-refractivity contribution < 1.29 is 14.3 Å². The summed E-state index contributed by atoms with van der Waals surface area (Å²) in [7, 11) is 5.52. The molecule has 2 N–H and O–H groups in total. The largest absolute Gasteiger partial charge is 0.497 e. The summed E-state index contributed by atoms with van der Waals surface area (Å²) in [6.07, 6.45) is 0.659. The lowest BCUT2D eigenvalue weighted by Gasteiger charge is -2.23. The van der Waals surface area contributed by atoms with E-state index in [-0.39, 0.29) is 11.8 Å². The highest BCUT2D eigenvalue weighted by Crippen LogP contribution is 2.21. The normalized spacial score (nSPS) is 10.9. The number of hydrogen-bond acceptors (Lipinski definition) is 4. The summed E-state index contributed by atoms with van der Waals surface area (Å²) in [5.74, 6) is 0.130. The third-order valence-electron chi connectivity index (χ3n) is 4.61. The molecule has 2 amide bonds. The fourth-order valence-corrected chi connectivity index (χ4v) is 2.60. The third-order valence-corrected chi connectivity index (χ3v) is 4.61. The van der Waals surface area contributed by atoms with Crippen LogP contribution in [-0.2, 0) is 16.0 Å². The van der Waals surface area contributed by atoms with Gasteiger partial charge in [-0.15, -0.1) is 0 Å². The van der Waals surface area contributed by atoms with Gasteiger partial charge in [-0.2, -0.15) is 0 Å². The topological polar surface area (TPSA) is 70.7 Å². The number of carbonyl (C=O) groups excluding carboxylic acids is 2. The van der Waals surface area contributed by atoms with Crippen molar-refractivity contribution in [3.05, 3.63) is 54.1 Å². The van der Waals surface area contributed by atoms with E-state index in [9.17, 15) is 9.59 Å². The molecule has 0 unspecified atom stereocenters. The van der Waals surface area contributed by atoms with Crippen molar-refractivity contribution in [2.45, 2.75) is 20.3 Å². The summed E-state index contributed by atoms with van der Waals surface area (Å²) in [4.78, 5) is 27.1. The number of methoxy groups -OCH3 is 1. The highest BCUT2D eigenvalue weighted by molar-refractivity contribution is 6.09. The van der Waals surface area contributed by atoms with Crippen LogP contribution >= 0.6 is 0 Å². The van der Waals surface area contributed by atoms with Crippen LogP contribution < -0.4 is 20.3 Å². The fourth-order valence-electron chi connectivity index (χ4n) is 2.60. The maximum Gasteiger partial charge on any atom is 0.239 e. The van der Waals surface area contributed by atoms with Crippen molar-refractivity contribution in [3.63, 3.8) is 0 Å². The van der Waals surface area contributed by atoms with Gasteiger partial charge in [0.15, 0.2) is 0 Å². The van der Waals surface area contributed by atoms with Crippen molar-refractivity contribution in [3.8, 4) is 5.75 Å². The van der Waals surface area contributed by atoms with Crippen LogP contribution in [0.3, 0.4) is 0 Å². The summed E-state index contributed by atoms with van der Waals surface area (Å²) >= 11 is 0. The summed E-state index contributed by atoms with van der Waals surface area (Å²) in [6.45, 7) is 3.69. The first-order chi connectivity index (χ1) is 13.2. The summed E-state index contributed by atoms with van der Waals surface area (Å²) in [5, 5.41) is 5.67. The van der Waals surface area contributed by atoms with Gasteiger partial charge >= 0.3 is 0 Å². The molecule has 150 valence electrons. The van der Waals surface area contributed by atoms with Crippen LogP contribution in [0.5, 0.6) is 5.75 Å². The van der Waals surface area contributed by atoms with Gasteiger partial charge in [0, 0.05) is 32.0 Å². The lowest BCUT2D eigenvalue weighted by Crippen LogP contribution is -2.45. The van der Waals surface area contributed by atoms with Crippen LogP contribution in [-0.4, -0.2) is 39.6 Å². The molecule has 0 aliphatic rings. The fraction of sp³-hybridized carbons (Fsp3) is 0.364. The van der Waals surface area contributed by atoms with Gasteiger partial charge < -0.3 is 20.3 Å². The molecule has 0 atom stereocenters. The minimum atomic E-state index is -1.19. The van der Waals surface area contributed by atoms with E-state index in [1.807, 2.05) is 67.5 Å². The predicted molar refractivity (Wildman–Crippen MR) is 113 cm³/mol. The number of amides is 2. The molecule has 0 fully saturated rings. The maximum atomic E-state index is 12.6. The summed E-state index contributed by atoms with van der Waals surface area (Å²) in [6, 6.07) is 15.2. The first-order valence-corrected chi connectivity index (χ1v) is 9.24. The second kappa shape index (κ2) is 9.26. The molecule has 0 aliphatic carbocycles. The Kier molecular flexibility index (Phi) is 7.04. The van der Waals surface area contributed by atoms with Crippen LogP contribution in [0.2, 0.25) is 0 Å². The smallest absolute Gasteiger partial charge is 0.239 e. The van der Waals surface area contributed by atoms with Gasteiger partial charge in [-0.05, 0) is 62.2 Å². The van der Waals surface area contributed by atoms with E-state index in [2.05, 4.69) is 10.6 Å². The molecule has 6 heteroatoms. The molecule has 0 radical (unpaired) electrons. The Morgan fingerprint density at radius 2 is 1.71 bits per heavy atom. The quantitative estimate of drug-likeness (QED) is 0.687. The molecule has 2 rings (SSSR count). The second-order valence-electron chi connectivity index (χ2n) is 7.38. The molecule has 0 aromatic heterocycles. The molecule has 0 aliphatic heterocycles. The molecule has 6 nitrogen and oxygen atoms in total. The molecule has 0 bridgehead atoms. The highest BCUT2D eigenvalue weighted by atomic mass is 16.5. The molecular formula is C22H29N3O3. The van der Waals surface area contributed by atoms with Crippen LogP contribution in [0.1, 0.15) is 19.4 Å². The molecule has 2 aromatic carbocycles. The summed E-state index contributed by atoms with van der Waals surface area (Å²) < 4.78 is 5.20. The second-order valence-corrected chi connectivity index (χ2v) is 7.38. The molecular weight excluding hydrogens is 354 g/mol. The molecule has 28 heavy (non-hydrogen) atoms. The van der Waals surface area contributed by atoms with E-state index in [1.54, 1.807) is 21.0 Å². The lowest BCUT2D eigenvalue weighted by atomic mass is 9.90. The molecule has 0 spiro atoms. The summed E-state index contributed by atoms with van der Waals surface area (Å²) in [5.41, 5.74) is 1.57. The monoisotopic (exact) mass is 383 g/mol. The van der Waals surface area contributed by atoms with E-state index in [4.69, 9.17) is 4.74 Å². The molecule has 2 aromatic rings. The van der Waals surface area contributed by atoms with E-state index in [0.717, 1.165) is 17.0 Å². The zero-order valence-corrected chi connectivity index (χ0v) is 17.2. The third kappa shape index (κ3) is 5.49.